The van der Waals surface area contributed by atoms with Gasteiger partial charge in [0.2, 0.25) is 5.91 Å². The van der Waals surface area contributed by atoms with Gasteiger partial charge in [-0.25, -0.2) is 14.8 Å². The third-order valence-electron chi connectivity index (χ3n) is 11.5. The maximum atomic E-state index is 13.1. The molecular formula is C39H52N8O3. The maximum absolute atomic E-state index is 13.1. The van der Waals surface area contributed by atoms with Gasteiger partial charge in [-0.1, -0.05) is 30.4 Å². The van der Waals surface area contributed by atoms with Crippen molar-refractivity contribution in [1.82, 2.24) is 35.1 Å². The van der Waals surface area contributed by atoms with Crippen LogP contribution in [0.25, 0.3) is 11.1 Å². The Morgan fingerprint density at radius 2 is 1.58 bits per heavy atom. The summed E-state index contributed by atoms with van der Waals surface area (Å²) in [6, 6.07) is 0.0678. The monoisotopic (exact) mass is 680 g/mol. The molecule has 0 radical (unpaired) electrons. The fourth-order valence-electron chi connectivity index (χ4n) is 9.00. The number of aromatic nitrogens is 4. The Morgan fingerprint density at radius 3 is 2.18 bits per heavy atom. The molecule has 4 heterocycles. The summed E-state index contributed by atoms with van der Waals surface area (Å²) in [5.41, 5.74) is 13.4. The van der Waals surface area contributed by atoms with Crippen molar-refractivity contribution in [2.24, 2.45) is 11.7 Å². The lowest BCUT2D eigenvalue weighted by molar-refractivity contribution is -0.138. The third kappa shape index (κ3) is 6.77. The van der Waals surface area contributed by atoms with Gasteiger partial charge < -0.3 is 30.7 Å². The third-order valence-corrected chi connectivity index (χ3v) is 11.5. The lowest BCUT2D eigenvalue weighted by atomic mass is 9.86. The van der Waals surface area contributed by atoms with Gasteiger partial charge in [0, 0.05) is 18.6 Å². The first-order valence-electron chi connectivity index (χ1n) is 18.4. The standard InChI is InChI=1S/C39H52N8O3/c1-5-30-7-6-8-34(47(30)38(48)24(3)40)36-41-20-32(44-36)27-13-9-25(10-14-27)26-11-15-28(16-12-26)33-21-42-37(45-33)35-29-17-18-31(19-29)46(35)22-23(2)43-39(49)50-4/h5,9,11,13,15,20-21,23-24,29-31,34-35H,1,6-8,10,12,14,16-19,22,40H2,2-4H3,(H,41,44)(H,42,45)(H,43,49). The molecule has 7 rings (SSSR count). The highest BCUT2D eigenvalue weighted by Crippen LogP contribution is 2.49. The van der Waals surface area contributed by atoms with Crippen molar-refractivity contribution in [3.05, 3.63) is 83.5 Å². The Kier molecular flexibility index (Phi) is 9.97. The molecule has 2 saturated heterocycles. The lowest BCUT2D eigenvalue weighted by Crippen LogP contribution is -2.50. The smallest absolute Gasteiger partial charge is 0.407 e. The molecule has 2 aromatic rings. The molecule has 11 heteroatoms. The van der Waals surface area contributed by atoms with Crippen LogP contribution in [-0.2, 0) is 9.53 Å². The second-order valence-corrected chi connectivity index (χ2v) is 14.8. The number of fused-ring (bicyclic) bond motifs is 2. The Labute approximate surface area is 295 Å². The van der Waals surface area contributed by atoms with Gasteiger partial charge in [-0.15, -0.1) is 6.58 Å². The first-order valence-corrected chi connectivity index (χ1v) is 18.4. The predicted molar refractivity (Wildman–Crippen MR) is 194 cm³/mol. The minimum Gasteiger partial charge on any atom is -0.453 e. The number of carbonyl (C=O) groups excluding carboxylic acids is 2. The molecule has 5 aliphatic rings. The number of nitrogens with two attached hydrogens (primary N) is 1. The number of methoxy groups -OCH3 is 1. The molecule has 2 amide bonds. The van der Waals surface area contributed by atoms with Gasteiger partial charge in [-0.3, -0.25) is 9.69 Å². The largest absolute Gasteiger partial charge is 0.453 e. The zero-order chi connectivity index (χ0) is 34.9. The number of amides is 2. The molecule has 0 spiro atoms. The first-order chi connectivity index (χ1) is 24.2. The van der Waals surface area contributed by atoms with Crippen LogP contribution in [0.3, 0.4) is 0 Å². The van der Waals surface area contributed by atoms with Crippen LogP contribution in [0, 0.1) is 5.92 Å². The number of imidazole rings is 2. The number of ether oxygens (including phenoxy) is 1. The van der Waals surface area contributed by atoms with E-state index < -0.39 is 6.04 Å². The van der Waals surface area contributed by atoms with Gasteiger partial charge >= 0.3 is 6.09 Å². The highest BCUT2D eigenvalue weighted by Gasteiger charge is 2.48. The van der Waals surface area contributed by atoms with E-state index in [1.807, 2.05) is 30.3 Å². The SMILES string of the molecule is C=CC1CCCC(c2ncc(C3=CC=C(C4=CC=C(c5cnc(C6C7CCC(C7)N6CC(C)NC(=O)OC)[nH]5)CC4)CC3)[nH]2)N1C(=O)C(C)N. The summed E-state index contributed by atoms with van der Waals surface area (Å²) in [4.78, 5) is 46.2. The van der Waals surface area contributed by atoms with Crippen molar-refractivity contribution in [3.63, 3.8) is 0 Å². The van der Waals surface area contributed by atoms with Crippen molar-refractivity contribution in [3.8, 4) is 0 Å². The summed E-state index contributed by atoms with van der Waals surface area (Å²) in [5, 5.41) is 2.93. The van der Waals surface area contributed by atoms with Crippen LogP contribution < -0.4 is 11.1 Å². The van der Waals surface area contributed by atoms with Crippen molar-refractivity contribution in [2.75, 3.05) is 13.7 Å². The number of aromatic amines is 2. The molecule has 3 aliphatic carbocycles. The molecule has 5 N–H and O–H groups in total. The van der Waals surface area contributed by atoms with Gasteiger partial charge in [-0.05, 0) is 106 Å². The summed E-state index contributed by atoms with van der Waals surface area (Å²) in [5.74, 6) is 2.40. The topological polar surface area (TPSA) is 145 Å². The quantitative estimate of drug-likeness (QED) is 0.217. The summed E-state index contributed by atoms with van der Waals surface area (Å²) >= 11 is 0. The molecule has 1 saturated carbocycles. The summed E-state index contributed by atoms with van der Waals surface area (Å²) < 4.78 is 4.82. The summed E-state index contributed by atoms with van der Waals surface area (Å²) in [6.07, 6.45) is 24.7. The summed E-state index contributed by atoms with van der Waals surface area (Å²) in [7, 11) is 1.40. The van der Waals surface area contributed by atoms with Gasteiger partial charge in [0.05, 0.1) is 55.1 Å². The molecule has 7 unspecified atom stereocenters. The van der Waals surface area contributed by atoms with E-state index in [4.69, 9.17) is 20.4 Å². The van der Waals surface area contributed by atoms with E-state index >= 15 is 0 Å². The number of carbonyl (C=O) groups is 2. The van der Waals surface area contributed by atoms with Crippen LogP contribution in [0.15, 0.2) is 60.5 Å². The number of rotatable bonds is 10. The van der Waals surface area contributed by atoms with E-state index in [1.54, 1.807) is 6.92 Å². The van der Waals surface area contributed by atoms with E-state index in [9.17, 15) is 9.59 Å². The molecule has 0 aromatic carbocycles. The van der Waals surface area contributed by atoms with Gasteiger partial charge in [0.1, 0.15) is 11.6 Å². The van der Waals surface area contributed by atoms with E-state index in [0.29, 0.717) is 12.0 Å². The zero-order valence-electron chi connectivity index (χ0n) is 29.7. The van der Waals surface area contributed by atoms with Crippen molar-refractivity contribution >= 4 is 23.1 Å². The zero-order valence-corrected chi connectivity index (χ0v) is 29.7. The highest BCUT2D eigenvalue weighted by molar-refractivity contribution is 5.82. The second-order valence-electron chi connectivity index (χ2n) is 14.8. The molecule has 7 atom stereocenters. The van der Waals surface area contributed by atoms with Crippen molar-refractivity contribution in [2.45, 2.75) is 114 Å². The number of H-pyrrole nitrogens is 2. The van der Waals surface area contributed by atoms with E-state index in [-0.39, 0.29) is 36.2 Å². The second kappa shape index (κ2) is 14.6. The van der Waals surface area contributed by atoms with Crippen LogP contribution in [0.5, 0.6) is 0 Å². The van der Waals surface area contributed by atoms with E-state index in [1.165, 1.54) is 48.7 Å². The molecule has 266 valence electrons. The Bertz CT molecular complexity index is 1730. The van der Waals surface area contributed by atoms with E-state index in [2.05, 4.69) is 51.1 Å². The Morgan fingerprint density at radius 1 is 0.960 bits per heavy atom. The predicted octanol–water partition coefficient (Wildman–Crippen LogP) is 6.27. The number of piperidine rings is 2. The number of hydrogen-bond donors (Lipinski definition) is 4. The fraction of sp³-hybridized carbons (Fsp3) is 0.538. The first kappa shape index (κ1) is 34.2. The van der Waals surface area contributed by atoms with Crippen LogP contribution in [0.1, 0.15) is 113 Å². The van der Waals surface area contributed by atoms with Crippen LogP contribution in [0.2, 0.25) is 0 Å². The fourth-order valence-corrected chi connectivity index (χ4v) is 9.00. The summed E-state index contributed by atoms with van der Waals surface area (Å²) in [6.45, 7) is 8.54. The molecule has 3 fully saturated rings. The number of alkyl carbamates (subject to hydrolysis) is 1. The minimum absolute atomic E-state index is 0.00392. The number of allylic oxidation sites excluding steroid dienone is 8. The van der Waals surface area contributed by atoms with Gasteiger partial charge in [-0.2, -0.15) is 0 Å². The van der Waals surface area contributed by atoms with Crippen LogP contribution >= 0.6 is 0 Å². The van der Waals surface area contributed by atoms with Crippen molar-refractivity contribution < 1.29 is 14.3 Å². The Hall–Kier alpha value is -4.22. The lowest BCUT2D eigenvalue weighted by Gasteiger charge is -2.41. The Balaban J connectivity index is 1.01. The molecule has 2 aliphatic heterocycles. The van der Waals surface area contributed by atoms with E-state index in [0.717, 1.165) is 74.5 Å². The van der Waals surface area contributed by atoms with Crippen LogP contribution in [-0.4, -0.2) is 79.6 Å². The van der Waals surface area contributed by atoms with Crippen LogP contribution in [0.4, 0.5) is 4.79 Å². The highest BCUT2D eigenvalue weighted by atomic mass is 16.5. The van der Waals surface area contributed by atoms with Crippen molar-refractivity contribution in [1.29, 1.82) is 0 Å². The molecule has 2 bridgehead atoms. The number of likely N-dealkylation sites (tertiary alicyclic amines) is 2. The molecule has 11 nitrogen and oxygen atoms in total. The van der Waals surface area contributed by atoms with Gasteiger partial charge in [0.25, 0.3) is 0 Å². The number of hydrogen-bond acceptors (Lipinski definition) is 7. The van der Waals surface area contributed by atoms with Gasteiger partial charge in [0.15, 0.2) is 0 Å². The number of nitrogens with one attached hydrogen (secondary N) is 3. The average Bonchev–Trinajstić information content (AvgIpc) is 3.97. The molecule has 2 aromatic heterocycles. The maximum Gasteiger partial charge on any atom is 0.407 e. The normalized spacial score (nSPS) is 27.9. The average molecular weight is 681 g/mol. The molecular weight excluding hydrogens is 628 g/mol. The number of nitrogens with zero attached hydrogens (tertiary/aromatic N) is 4. The molecule has 50 heavy (non-hydrogen) atoms. The minimum atomic E-state index is -0.564.